The van der Waals surface area contributed by atoms with Gasteiger partial charge in [-0.2, -0.15) is 0 Å². The van der Waals surface area contributed by atoms with Crippen LogP contribution in [0, 0.1) is 16.7 Å². The first-order valence-corrected chi connectivity index (χ1v) is 7.54. The van der Waals surface area contributed by atoms with E-state index in [2.05, 4.69) is 0 Å². The van der Waals surface area contributed by atoms with Crippen LogP contribution in [-0.4, -0.2) is 37.4 Å². The summed E-state index contributed by atoms with van der Waals surface area (Å²) in [5, 5.41) is 7.42. The minimum Gasteiger partial charge on any atom is -0.387 e. The number of sulfonamides is 1. The first-order valence-electron chi connectivity index (χ1n) is 5.93. The Bertz CT molecular complexity index is 384. The van der Waals surface area contributed by atoms with E-state index in [1.807, 2.05) is 20.8 Å². The summed E-state index contributed by atoms with van der Waals surface area (Å²) in [4.78, 5) is 0. The van der Waals surface area contributed by atoms with Crippen LogP contribution in [-0.2, 0) is 10.0 Å². The van der Waals surface area contributed by atoms with Gasteiger partial charge in [0.15, 0.2) is 0 Å². The fourth-order valence-electron chi connectivity index (χ4n) is 2.09. The summed E-state index contributed by atoms with van der Waals surface area (Å²) in [7, 11) is -3.23. The highest BCUT2D eigenvalue weighted by atomic mass is 32.2. The van der Waals surface area contributed by atoms with Crippen molar-refractivity contribution in [2.24, 2.45) is 17.1 Å². The predicted molar refractivity (Wildman–Crippen MR) is 69.5 cm³/mol. The van der Waals surface area contributed by atoms with E-state index in [9.17, 15) is 8.42 Å². The van der Waals surface area contributed by atoms with Crippen molar-refractivity contribution in [1.82, 2.24) is 4.31 Å². The molecule has 0 aromatic heterocycles. The average Bonchev–Trinajstić information content (AvgIpc) is 2.14. The van der Waals surface area contributed by atoms with Crippen molar-refractivity contribution >= 4 is 15.9 Å². The third-order valence-electron chi connectivity index (χ3n) is 2.83. The molecule has 0 aliphatic carbocycles. The lowest BCUT2D eigenvalue weighted by Crippen LogP contribution is -2.46. The summed E-state index contributed by atoms with van der Waals surface area (Å²) in [6.45, 7) is 6.67. The number of rotatable bonds is 3. The summed E-state index contributed by atoms with van der Waals surface area (Å²) in [5.74, 6) is 0.129. The van der Waals surface area contributed by atoms with Crippen molar-refractivity contribution in [3.05, 3.63) is 0 Å². The van der Waals surface area contributed by atoms with Crippen molar-refractivity contribution in [3.8, 4) is 0 Å². The minimum absolute atomic E-state index is 0.0978. The molecule has 6 heteroatoms. The van der Waals surface area contributed by atoms with Gasteiger partial charge >= 0.3 is 0 Å². The maximum absolute atomic E-state index is 12.2. The number of nitrogens with zero attached hydrogens (tertiary/aromatic N) is 1. The van der Waals surface area contributed by atoms with Crippen LogP contribution in [0.25, 0.3) is 0 Å². The highest BCUT2D eigenvalue weighted by Gasteiger charge is 2.32. The molecule has 0 spiro atoms. The summed E-state index contributed by atoms with van der Waals surface area (Å²) in [6, 6.07) is 0. The zero-order chi connectivity index (χ0) is 13.3. The molecule has 5 nitrogen and oxygen atoms in total. The smallest absolute Gasteiger partial charge is 0.214 e. The number of hydrogen-bond acceptors (Lipinski definition) is 3. The molecule has 0 bridgehead atoms. The number of nitrogens with one attached hydrogen (secondary N) is 1. The molecule has 1 saturated heterocycles. The van der Waals surface area contributed by atoms with Crippen molar-refractivity contribution in [2.45, 2.75) is 33.6 Å². The third-order valence-corrected chi connectivity index (χ3v) is 5.18. The maximum atomic E-state index is 12.2. The van der Waals surface area contributed by atoms with Gasteiger partial charge in [0.05, 0.1) is 11.6 Å². The van der Waals surface area contributed by atoms with Crippen LogP contribution in [0.2, 0.25) is 0 Å². The molecule has 17 heavy (non-hydrogen) atoms. The van der Waals surface area contributed by atoms with Gasteiger partial charge < -0.3 is 5.73 Å². The van der Waals surface area contributed by atoms with Gasteiger partial charge in [-0.05, 0) is 18.3 Å². The molecule has 1 aliphatic heterocycles. The molecule has 1 aliphatic rings. The van der Waals surface area contributed by atoms with Gasteiger partial charge in [-0.3, -0.25) is 5.41 Å². The highest BCUT2D eigenvalue weighted by Crippen LogP contribution is 2.23. The lowest BCUT2D eigenvalue weighted by molar-refractivity contribution is 0.304. The van der Waals surface area contributed by atoms with Gasteiger partial charge in [-0.1, -0.05) is 20.8 Å². The molecule has 1 unspecified atom stereocenters. The molecule has 1 rings (SSSR count). The summed E-state index contributed by atoms with van der Waals surface area (Å²) in [5.41, 5.74) is 5.21. The van der Waals surface area contributed by atoms with Crippen molar-refractivity contribution in [3.63, 3.8) is 0 Å². The number of amidine groups is 1. The molecule has 1 fully saturated rings. The molecular formula is C11H23N3O2S. The monoisotopic (exact) mass is 261 g/mol. The van der Waals surface area contributed by atoms with E-state index in [0.717, 1.165) is 12.8 Å². The Morgan fingerprint density at radius 2 is 2.06 bits per heavy atom. The third kappa shape index (κ3) is 4.27. The highest BCUT2D eigenvalue weighted by molar-refractivity contribution is 7.89. The van der Waals surface area contributed by atoms with Crippen LogP contribution in [0.4, 0.5) is 0 Å². The van der Waals surface area contributed by atoms with Crippen molar-refractivity contribution in [2.75, 3.05) is 18.8 Å². The summed E-state index contributed by atoms with van der Waals surface area (Å²) in [6.07, 6.45) is 1.60. The van der Waals surface area contributed by atoms with Crippen LogP contribution >= 0.6 is 0 Å². The van der Waals surface area contributed by atoms with Gasteiger partial charge in [0.2, 0.25) is 10.0 Å². The molecule has 3 N–H and O–H groups in total. The molecular weight excluding hydrogens is 238 g/mol. The quantitative estimate of drug-likeness (QED) is 0.587. The normalized spacial score (nSPS) is 23.6. The SMILES string of the molecule is CC(C)(C)CS(=O)(=O)N1CCCC(C(=N)N)C1. The second-order valence-electron chi connectivity index (χ2n) is 5.97. The summed E-state index contributed by atoms with van der Waals surface area (Å²) >= 11 is 0. The fraction of sp³-hybridized carbons (Fsp3) is 0.909. The van der Waals surface area contributed by atoms with Crippen LogP contribution in [0.5, 0.6) is 0 Å². The predicted octanol–water partition coefficient (Wildman–Crippen LogP) is 1.01. The van der Waals surface area contributed by atoms with Crippen LogP contribution < -0.4 is 5.73 Å². The van der Waals surface area contributed by atoms with E-state index in [1.165, 1.54) is 4.31 Å². The topological polar surface area (TPSA) is 87.2 Å². The first-order chi connectivity index (χ1) is 7.62. The maximum Gasteiger partial charge on any atom is 0.214 e. The lowest BCUT2D eigenvalue weighted by Gasteiger charge is -2.33. The second-order valence-corrected chi connectivity index (χ2v) is 7.94. The summed E-state index contributed by atoms with van der Waals surface area (Å²) < 4.78 is 25.9. The Balaban J connectivity index is 2.75. The molecule has 0 amide bonds. The number of hydrogen-bond donors (Lipinski definition) is 2. The Morgan fingerprint density at radius 3 is 2.53 bits per heavy atom. The number of piperidine rings is 1. The average molecular weight is 261 g/mol. The zero-order valence-electron chi connectivity index (χ0n) is 10.9. The Morgan fingerprint density at radius 1 is 1.47 bits per heavy atom. The molecule has 100 valence electrons. The van der Waals surface area contributed by atoms with E-state index < -0.39 is 10.0 Å². The van der Waals surface area contributed by atoms with E-state index in [0.29, 0.717) is 13.1 Å². The van der Waals surface area contributed by atoms with Crippen LogP contribution in [0.1, 0.15) is 33.6 Å². The molecule has 0 aromatic carbocycles. The molecule has 1 heterocycles. The lowest BCUT2D eigenvalue weighted by atomic mass is 9.99. The number of nitrogens with two attached hydrogens (primary N) is 1. The first kappa shape index (κ1) is 14.4. The minimum atomic E-state index is -3.23. The van der Waals surface area contributed by atoms with E-state index in [4.69, 9.17) is 11.1 Å². The fourth-order valence-corrected chi connectivity index (χ4v) is 4.18. The van der Waals surface area contributed by atoms with Crippen LogP contribution in [0.15, 0.2) is 0 Å². The van der Waals surface area contributed by atoms with E-state index >= 15 is 0 Å². The van der Waals surface area contributed by atoms with Gasteiger partial charge in [0.25, 0.3) is 0 Å². The zero-order valence-corrected chi connectivity index (χ0v) is 11.7. The molecule has 0 saturated carbocycles. The van der Waals surface area contributed by atoms with Gasteiger partial charge in [0.1, 0.15) is 0 Å². The molecule has 0 aromatic rings. The molecule has 0 radical (unpaired) electrons. The largest absolute Gasteiger partial charge is 0.387 e. The second kappa shape index (κ2) is 4.94. The standard InChI is InChI=1S/C11H23N3O2S/c1-11(2,3)8-17(15,16)14-6-4-5-9(7-14)10(12)13/h9H,4-8H2,1-3H3,(H3,12,13). The Hall–Kier alpha value is -0.620. The van der Waals surface area contributed by atoms with Gasteiger partial charge in [-0.15, -0.1) is 0 Å². The molecule has 1 atom stereocenters. The Kier molecular flexibility index (Phi) is 4.19. The van der Waals surface area contributed by atoms with Crippen molar-refractivity contribution < 1.29 is 8.42 Å². The van der Waals surface area contributed by atoms with Gasteiger partial charge in [0, 0.05) is 19.0 Å². The Labute approximate surface area is 104 Å². The van der Waals surface area contributed by atoms with E-state index in [-0.39, 0.29) is 22.9 Å². The van der Waals surface area contributed by atoms with Crippen LogP contribution in [0.3, 0.4) is 0 Å². The van der Waals surface area contributed by atoms with Crippen molar-refractivity contribution in [1.29, 1.82) is 5.41 Å². The van der Waals surface area contributed by atoms with Gasteiger partial charge in [-0.25, -0.2) is 12.7 Å². The van der Waals surface area contributed by atoms with E-state index in [1.54, 1.807) is 0 Å².